The lowest BCUT2D eigenvalue weighted by Gasteiger charge is -2.10. The highest BCUT2D eigenvalue weighted by atomic mass is 16.5. The van der Waals surface area contributed by atoms with Crippen LogP contribution in [0.1, 0.15) is 11.1 Å². The first-order chi connectivity index (χ1) is 12.9. The van der Waals surface area contributed by atoms with Crippen LogP contribution in [0.3, 0.4) is 0 Å². The maximum Gasteiger partial charge on any atom is 0.330 e. The second kappa shape index (κ2) is 7.32. The Bertz CT molecular complexity index is 1140. The van der Waals surface area contributed by atoms with E-state index in [2.05, 4.69) is 15.0 Å². The molecule has 0 bridgehead atoms. The van der Waals surface area contributed by atoms with Gasteiger partial charge >= 0.3 is 11.7 Å². The van der Waals surface area contributed by atoms with Crippen LogP contribution in [0.4, 0.5) is 0 Å². The lowest BCUT2D eigenvalue weighted by molar-refractivity contribution is -0.142. The van der Waals surface area contributed by atoms with Crippen molar-refractivity contribution in [1.29, 1.82) is 0 Å². The van der Waals surface area contributed by atoms with E-state index in [9.17, 15) is 19.5 Å². The summed E-state index contributed by atoms with van der Waals surface area (Å²) >= 11 is 0. The lowest BCUT2D eigenvalue weighted by Crippen LogP contribution is -2.31. The molecule has 0 unspecified atom stereocenters. The Morgan fingerprint density at radius 2 is 2.11 bits per heavy atom. The van der Waals surface area contributed by atoms with Gasteiger partial charge in [-0.15, -0.1) is 0 Å². The zero-order valence-electron chi connectivity index (χ0n) is 14.7. The molecule has 0 radical (unpaired) electrons. The van der Waals surface area contributed by atoms with Gasteiger partial charge in [0.25, 0.3) is 5.56 Å². The molecule has 9 heteroatoms. The van der Waals surface area contributed by atoms with Crippen LogP contribution < -0.4 is 11.2 Å². The van der Waals surface area contributed by atoms with Crippen LogP contribution in [0.2, 0.25) is 0 Å². The molecule has 3 N–H and O–H groups in total. The predicted octanol–water partition coefficient (Wildman–Crippen LogP) is 0.464. The van der Waals surface area contributed by atoms with Crippen molar-refractivity contribution < 1.29 is 14.6 Å². The molecule has 0 aliphatic heterocycles. The minimum absolute atomic E-state index is 0.218. The zero-order valence-corrected chi connectivity index (χ0v) is 14.7. The van der Waals surface area contributed by atoms with Crippen molar-refractivity contribution in [3.8, 4) is 5.88 Å². The molecule has 0 fully saturated rings. The summed E-state index contributed by atoms with van der Waals surface area (Å²) in [6, 6.07) is 6.69. The van der Waals surface area contributed by atoms with Crippen LogP contribution in [0.25, 0.3) is 10.9 Å². The average Bonchev–Trinajstić information content (AvgIpc) is 3.07. The summed E-state index contributed by atoms with van der Waals surface area (Å²) in [7, 11) is 2.55. The summed E-state index contributed by atoms with van der Waals surface area (Å²) in [5, 5.41) is 10.9. The molecule has 0 aliphatic rings. The molecule has 0 aliphatic carbocycles. The van der Waals surface area contributed by atoms with Gasteiger partial charge in [0.15, 0.2) is 6.04 Å². The number of para-hydroxylation sites is 1. The number of carbonyl (C=O) groups is 1. The molecule has 1 atom stereocenters. The number of methoxy groups -OCH3 is 1. The smallest absolute Gasteiger partial charge is 0.330 e. The number of hydrogen-bond acceptors (Lipinski definition) is 6. The average molecular weight is 370 g/mol. The fourth-order valence-electron chi connectivity index (χ4n) is 2.75. The first-order valence-electron chi connectivity index (χ1n) is 8.10. The van der Waals surface area contributed by atoms with Crippen LogP contribution in [0, 0.1) is 0 Å². The number of aromatic hydroxyl groups is 1. The van der Waals surface area contributed by atoms with Crippen molar-refractivity contribution in [3.05, 3.63) is 62.4 Å². The molecule has 3 aromatic rings. The van der Waals surface area contributed by atoms with Crippen molar-refractivity contribution >= 4 is 23.1 Å². The summed E-state index contributed by atoms with van der Waals surface area (Å²) < 4.78 is 5.67. The van der Waals surface area contributed by atoms with E-state index in [-0.39, 0.29) is 12.0 Å². The number of H-pyrrole nitrogens is 2. The highest BCUT2D eigenvalue weighted by Crippen LogP contribution is 2.20. The van der Waals surface area contributed by atoms with Crippen LogP contribution in [-0.2, 0) is 23.0 Å². The van der Waals surface area contributed by atoms with Gasteiger partial charge < -0.3 is 14.8 Å². The third kappa shape index (κ3) is 3.52. The fourth-order valence-corrected chi connectivity index (χ4v) is 2.75. The maximum absolute atomic E-state index is 12.1. The number of nitrogens with zero attached hydrogens (tertiary/aromatic N) is 2. The van der Waals surface area contributed by atoms with Crippen LogP contribution in [0.15, 0.2) is 45.0 Å². The number of rotatable bonds is 5. The summed E-state index contributed by atoms with van der Waals surface area (Å²) in [6.45, 7) is 0. The predicted molar refractivity (Wildman–Crippen MR) is 99.4 cm³/mol. The molecule has 2 heterocycles. The second-order valence-corrected chi connectivity index (χ2v) is 5.94. The Hall–Kier alpha value is -3.62. The number of carbonyl (C=O) groups excluding carboxylic acids is 1. The van der Waals surface area contributed by atoms with Gasteiger partial charge in [-0.05, 0) is 11.6 Å². The highest BCUT2D eigenvalue weighted by molar-refractivity contribution is 5.87. The number of nitrogens with one attached hydrogen (secondary N) is 2. The Morgan fingerprint density at radius 3 is 2.85 bits per heavy atom. The molecule has 27 heavy (non-hydrogen) atoms. The Kier molecular flexibility index (Phi) is 4.93. The van der Waals surface area contributed by atoms with Gasteiger partial charge in [0.2, 0.25) is 5.88 Å². The number of fused-ring (bicyclic) bond motifs is 1. The van der Waals surface area contributed by atoms with Gasteiger partial charge in [0, 0.05) is 36.8 Å². The normalized spacial score (nSPS) is 12.5. The third-order valence-corrected chi connectivity index (χ3v) is 4.27. The van der Waals surface area contributed by atoms with E-state index in [1.165, 1.54) is 14.2 Å². The summed E-state index contributed by atoms with van der Waals surface area (Å²) in [5.74, 6) is -1.12. The minimum Gasteiger partial charge on any atom is -0.494 e. The van der Waals surface area contributed by atoms with Gasteiger partial charge in [-0.25, -0.2) is 9.59 Å². The van der Waals surface area contributed by atoms with Crippen LogP contribution in [0.5, 0.6) is 5.88 Å². The Labute approximate surface area is 153 Å². The maximum atomic E-state index is 12.1. The van der Waals surface area contributed by atoms with E-state index in [0.717, 1.165) is 27.2 Å². The van der Waals surface area contributed by atoms with Crippen molar-refractivity contribution in [1.82, 2.24) is 14.5 Å². The molecule has 0 saturated heterocycles. The van der Waals surface area contributed by atoms with Gasteiger partial charge in [-0.2, -0.15) is 0 Å². The van der Waals surface area contributed by atoms with Crippen LogP contribution >= 0.6 is 0 Å². The number of benzene rings is 1. The van der Waals surface area contributed by atoms with Crippen molar-refractivity contribution in [3.63, 3.8) is 0 Å². The quantitative estimate of drug-likeness (QED) is 0.444. The van der Waals surface area contributed by atoms with E-state index >= 15 is 0 Å². The van der Waals surface area contributed by atoms with Gasteiger partial charge in [-0.3, -0.25) is 19.3 Å². The molecule has 0 saturated carbocycles. The fraction of sp³-hybridized carbons (Fsp3) is 0.222. The number of aliphatic imine (C=N–C) groups is 1. The van der Waals surface area contributed by atoms with Gasteiger partial charge in [0.1, 0.15) is 5.56 Å². The van der Waals surface area contributed by atoms with Crippen LogP contribution in [-0.4, -0.2) is 45.0 Å². The molecule has 9 nitrogen and oxygen atoms in total. The topological polar surface area (TPSA) is 130 Å². The van der Waals surface area contributed by atoms with Gasteiger partial charge in [0.05, 0.1) is 7.11 Å². The molecular formula is C18H18N4O5. The SMILES string of the molecule is COC(=O)[C@H](Cc1c[nH]c2ccccc12)N=Cc1c(O)n(C)c(=O)[nH]c1=O. The number of ether oxygens (including phenoxy) is 1. The molecule has 2 aromatic heterocycles. The standard InChI is InChI=1S/C18H18N4O5/c1-22-16(24)12(15(23)21-18(22)26)9-20-14(17(25)27-2)7-10-8-19-13-6-4-3-5-11(10)13/h3-6,8-9,14,19,24H,7H2,1-2H3,(H,21,23,26)/t14-/m0/s1. The molecule has 0 spiro atoms. The van der Waals surface area contributed by atoms with E-state index in [1.807, 2.05) is 24.3 Å². The van der Waals surface area contributed by atoms with Crippen molar-refractivity contribution in [2.24, 2.45) is 12.0 Å². The monoisotopic (exact) mass is 370 g/mol. The first-order valence-corrected chi connectivity index (χ1v) is 8.10. The van der Waals surface area contributed by atoms with Crippen molar-refractivity contribution in [2.45, 2.75) is 12.5 Å². The summed E-state index contributed by atoms with van der Waals surface area (Å²) in [6.07, 6.45) is 3.09. The molecule has 140 valence electrons. The number of aromatic amines is 2. The lowest BCUT2D eigenvalue weighted by atomic mass is 10.1. The Balaban J connectivity index is 1.96. The third-order valence-electron chi connectivity index (χ3n) is 4.27. The van der Waals surface area contributed by atoms with Crippen molar-refractivity contribution in [2.75, 3.05) is 7.11 Å². The largest absolute Gasteiger partial charge is 0.494 e. The summed E-state index contributed by atoms with van der Waals surface area (Å²) in [5.41, 5.74) is 0.0157. The zero-order chi connectivity index (χ0) is 19.6. The van der Waals surface area contributed by atoms with E-state index in [0.29, 0.717) is 0 Å². The molecule has 0 amide bonds. The van der Waals surface area contributed by atoms with E-state index in [1.54, 1.807) is 6.20 Å². The van der Waals surface area contributed by atoms with E-state index in [4.69, 9.17) is 4.74 Å². The number of esters is 1. The van der Waals surface area contributed by atoms with E-state index < -0.39 is 29.1 Å². The molecule has 3 rings (SSSR count). The van der Waals surface area contributed by atoms with Gasteiger partial charge in [-0.1, -0.05) is 18.2 Å². The number of hydrogen-bond donors (Lipinski definition) is 3. The minimum atomic E-state index is -0.926. The Morgan fingerprint density at radius 1 is 1.37 bits per heavy atom. The molecular weight excluding hydrogens is 352 g/mol. The molecule has 1 aromatic carbocycles. The second-order valence-electron chi connectivity index (χ2n) is 5.94. The summed E-state index contributed by atoms with van der Waals surface area (Å²) in [4.78, 5) is 44.8. The first kappa shape index (κ1) is 18.2. The highest BCUT2D eigenvalue weighted by Gasteiger charge is 2.20. The number of aromatic nitrogens is 3.